The summed E-state index contributed by atoms with van der Waals surface area (Å²) in [6.07, 6.45) is 0. The Morgan fingerprint density at radius 3 is 1.71 bits per heavy atom. The molecule has 0 amide bonds. The fourth-order valence-electron chi connectivity index (χ4n) is 9.29. The fraction of sp³-hybridized carbons (Fsp3) is 0. The van der Waals surface area contributed by atoms with Crippen LogP contribution in [0.2, 0.25) is 0 Å². The Hall–Kier alpha value is -7.50. The van der Waals surface area contributed by atoms with Gasteiger partial charge in [0, 0.05) is 54.0 Å². The van der Waals surface area contributed by atoms with Crippen molar-refractivity contribution >= 4 is 109 Å². The van der Waals surface area contributed by atoms with Crippen LogP contribution < -0.4 is 0 Å². The number of aromatic nitrogens is 3. The Bertz CT molecular complexity index is 3790. The normalized spacial score (nSPS) is 12.4. The fourth-order valence-corrected chi connectivity index (χ4v) is 9.29. The summed E-state index contributed by atoms with van der Waals surface area (Å²) < 4.78 is 15.5. The molecule has 0 bridgehead atoms. The van der Waals surface area contributed by atoms with Crippen LogP contribution in [0.15, 0.2) is 173 Å². The molecule has 13 rings (SSSR count). The van der Waals surface area contributed by atoms with Gasteiger partial charge < -0.3 is 8.83 Å². The molecule has 0 atom stereocenters. The van der Waals surface area contributed by atoms with Crippen LogP contribution in [0.5, 0.6) is 0 Å². The van der Waals surface area contributed by atoms with Crippen LogP contribution in [-0.2, 0) is 0 Å². The van der Waals surface area contributed by atoms with Gasteiger partial charge in [0.25, 0.3) is 0 Å². The number of furan rings is 2. The van der Waals surface area contributed by atoms with Gasteiger partial charge in [-0.05, 0) is 64.0 Å². The van der Waals surface area contributed by atoms with E-state index < -0.39 is 0 Å². The van der Waals surface area contributed by atoms with Gasteiger partial charge in [0.2, 0.25) is 5.95 Å². The molecule has 4 heterocycles. The number of rotatable bonds is 2. The highest BCUT2D eigenvalue weighted by Crippen LogP contribution is 2.50. The van der Waals surface area contributed by atoms with E-state index in [4.69, 9.17) is 18.8 Å². The van der Waals surface area contributed by atoms with Crippen LogP contribution in [-0.4, -0.2) is 14.5 Å². The Morgan fingerprint density at radius 1 is 0.382 bits per heavy atom. The topological polar surface area (TPSA) is 57.0 Å². The molecular formula is C50H27N3O2. The van der Waals surface area contributed by atoms with E-state index >= 15 is 0 Å². The molecule has 0 radical (unpaired) electrons. The molecule has 55 heavy (non-hydrogen) atoms. The third kappa shape index (κ3) is 3.81. The van der Waals surface area contributed by atoms with Crippen LogP contribution in [0.3, 0.4) is 0 Å². The van der Waals surface area contributed by atoms with Crippen molar-refractivity contribution in [3.8, 4) is 17.2 Å². The van der Waals surface area contributed by atoms with Gasteiger partial charge in [-0.25, -0.2) is 9.97 Å². The average molecular weight is 702 g/mol. The van der Waals surface area contributed by atoms with Crippen molar-refractivity contribution < 1.29 is 8.83 Å². The van der Waals surface area contributed by atoms with Crippen molar-refractivity contribution in [2.75, 3.05) is 0 Å². The zero-order valence-electron chi connectivity index (χ0n) is 29.2. The van der Waals surface area contributed by atoms with Crippen molar-refractivity contribution in [1.82, 2.24) is 14.5 Å². The van der Waals surface area contributed by atoms with Crippen molar-refractivity contribution in [3.63, 3.8) is 0 Å². The molecule has 0 saturated heterocycles. The van der Waals surface area contributed by atoms with Gasteiger partial charge in [0.05, 0.1) is 16.7 Å². The standard InChI is InChI=1S/C50H27N3O2/c1-3-16-32-29(13-1)30-14-2-4-17-33(30)44-43(32)45-35-19-6-10-22-39(35)53(48(45)49-46(44)36-20-8-12-24-41(36)55-49)50-51-38-21-9-5-18-34(38)47(52-50)28-25-26-42-37(27-28)31-15-7-11-23-40(31)54-42/h1-27H. The van der Waals surface area contributed by atoms with Crippen molar-refractivity contribution in [3.05, 3.63) is 164 Å². The summed E-state index contributed by atoms with van der Waals surface area (Å²) in [7, 11) is 0. The first-order chi connectivity index (χ1) is 27.3. The smallest absolute Gasteiger partial charge is 0.235 e. The maximum absolute atomic E-state index is 7.02. The number of hydrogen-bond acceptors (Lipinski definition) is 4. The lowest BCUT2D eigenvalue weighted by Gasteiger charge is -2.14. The SMILES string of the molecule is c1ccc2c(-c3ccc4oc5ccccc5c4c3)nc(-n3c4ccccc4c4c5c6ccccc6c6ccccc6c5c5c6ccccc6oc5c43)nc2c1. The minimum absolute atomic E-state index is 0.586. The second-order valence-electron chi connectivity index (χ2n) is 14.4. The van der Waals surface area contributed by atoms with E-state index in [0.29, 0.717) is 5.95 Å². The Morgan fingerprint density at radius 2 is 0.945 bits per heavy atom. The van der Waals surface area contributed by atoms with Crippen molar-refractivity contribution in [2.45, 2.75) is 0 Å². The molecule has 4 aromatic heterocycles. The molecule has 9 aromatic carbocycles. The minimum atomic E-state index is 0.586. The Balaban J connectivity index is 1.25. The lowest BCUT2D eigenvalue weighted by atomic mass is 9.89. The number of nitrogens with zero attached hydrogens (tertiary/aromatic N) is 3. The van der Waals surface area contributed by atoms with E-state index in [9.17, 15) is 0 Å². The van der Waals surface area contributed by atoms with Crippen LogP contribution >= 0.6 is 0 Å². The quantitative estimate of drug-likeness (QED) is 0.168. The predicted molar refractivity (Wildman–Crippen MR) is 226 cm³/mol. The number of hydrogen-bond donors (Lipinski definition) is 0. The summed E-state index contributed by atoms with van der Waals surface area (Å²) >= 11 is 0. The molecule has 0 unspecified atom stereocenters. The Labute approximate surface area is 312 Å². The summed E-state index contributed by atoms with van der Waals surface area (Å²) in [5, 5.41) is 14.8. The largest absolute Gasteiger partial charge is 0.456 e. The zero-order valence-corrected chi connectivity index (χ0v) is 29.2. The number of benzene rings is 9. The molecule has 5 heteroatoms. The van der Waals surface area contributed by atoms with Gasteiger partial charge >= 0.3 is 0 Å². The molecule has 0 aliphatic carbocycles. The molecular weight excluding hydrogens is 675 g/mol. The molecule has 13 aromatic rings. The maximum Gasteiger partial charge on any atom is 0.235 e. The van der Waals surface area contributed by atoms with Crippen LogP contribution in [0.1, 0.15) is 0 Å². The highest BCUT2D eigenvalue weighted by Gasteiger charge is 2.27. The van der Waals surface area contributed by atoms with Gasteiger partial charge in [0.15, 0.2) is 5.58 Å². The maximum atomic E-state index is 7.02. The lowest BCUT2D eigenvalue weighted by molar-refractivity contribution is 0.669. The molecule has 0 fully saturated rings. The highest BCUT2D eigenvalue weighted by atomic mass is 16.3. The lowest BCUT2D eigenvalue weighted by Crippen LogP contribution is -2.03. The van der Waals surface area contributed by atoms with Gasteiger partial charge in [-0.2, -0.15) is 0 Å². The van der Waals surface area contributed by atoms with Gasteiger partial charge in [-0.3, -0.25) is 4.57 Å². The summed E-state index contributed by atoms with van der Waals surface area (Å²) in [6.45, 7) is 0. The van der Waals surface area contributed by atoms with E-state index in [2.05, 4.69) is 144 Å². The summed E-state index contributed by atoms with van der Waals surface area (Å²) in [4.78, 5) is 10.9. The summed E-state index contributed by atoms with van der Waals surface area (Å²) in [5.41, 5.74) is 8.09. The number of para-hydroxylation sites is 4. The first-order valence-electron chi connectivity index (χ1n) is 18.6. The molecule has 254 valence electrons. The average Bonchev–Trinajstić information content (AvgIpc) is 3.93. The second-order valence-corrected chi connectivity index (χ2v) is 14.4. The van der Waals surface area contributed by atoms with E-state index in [1.165, 1.54) is 32.3 Å². The molecule has 0 aliphatic heterocycles. The highest BCUT2D eigenvalue weighted by molar-refractivity contribution is 6.44. The molecule has 0 aliphatic rings. The Kier molecular flexibility index (Phi) is 5.57. The molecule has 5 nitrogen and oxygen atoms in total. The molecule has 0 spiro atoms. The van der Waals surface area contributed by atoms with E-state index in [1.54, 1.807) is 0 Å². The van der Waals surface area contributed by atoms with Gasteiger partial charge in [0.1, 0.15) is 22.3 Å². The van der Waals surface area contributed by atoms with E-state index in [1.807, 2.05) is 24.3 Å². The first kappa shape index (κ1) is 29.0. The third-order valence-electron chi connectivity index (χ3n) is 11.6. The monoisotopic (exact) mass is 701 g/mol. The van der Waals surface area contributed by atoms with Gasteiger partial charge in [-0.1, -0.05) is 121 Å². The van der Waals surface area contributed by atoms with Gasteiger partial charge in [-0.15, -0.1) is 0 Å². The predicted octanol–water partition coefficient (Wildman–Crippen LogP) is 13.7. The van der Waals surface area contributed by atoms with Crippen LogP contribution in [0.4, 0.5) is 0 Å². The first-order valence-corrected chi connectivity index (χ1v) is 18.6. The van der Waals surface area contributed by atoms with Crippen LogP contribution in [0, 0.1) is 0 Å². The van der Waals surface area contributed by atoms with E-state index in [-0.39, 0.29) is 0 Å². The summed E-state index contributed by atoms with van der Waals surface area (Å²) in [6, 6.07) is 57.5. The van der Waals surface area contributed by atoms with Crippen LogP contribution in [0.25, 0.3) is 126 Å². The summed E-state index contributed by atoms with van der Waals surface area (Å²) in [5.74, 6) is 0.586. The van der Waals surface area contributed by atoms with E-state index in [0.717, 1.165) is 87.8 Å². The molecule has 0 saturated carbocycles. The minimum Gasteiger partial charge on any atom is -0.456 e. The van der Waals surface area contributed by atoms with Crippen molar-refractivity contribution in [1.29, 1.82) is 0 Å². The second kappa shape index (κ2) is 10.6. The third-order valence-corrected chi connectivity index (χ3v) is 11.6. The molecule has 0 N–H and O–H groups in total. The zero-order chi connectivity index (χ0) is 35.8. The van der Waals surface area contributed by atoms with Crippen molar-refractivity contribution in [2.24, 2.45) is 0 Å². The number of fused-ring (bicyclic) bond motifs is 19.